The Hall–Kier alpha value is -3.35. The molecule has 1 aromatic heterocycles. The molecule has 1 fully saturated rings. The van der Waals surface area contributed by atoms with Crippen LogP contribution < -0.4 is 9.47 Å². The molecule has 0 aliphatic carbocycles. The van der Waals surface area contributed by atoms with Gasteiger partial charge in [-0.05, 0) is 37.1 Å². The van der Waals surface area contributed by atoms with E-state index in [9.17, 15) is 4.79 Å². The fourth-order valence-corrected chi connectivity index (χ4v) is 3.84. The van der Waals surface area contributed by atoms with Gasteiger partial charge in [0.15, 0.2) is 11.5 Å². The number of ether oxygens (including phenoxy) is 2. The lowest BCUT2D eigenvalue weighted by Gasteiger charge is -2.16. The number of hydrogen-bond donors (Lipinski definition) is 0. The number of likely N-dealkylation sites (tertiary alicyclic amines) is 1. The minimum absolute atomic E-state index is 0.0738. The first-order chi connectivity index (χ1) is 14.2. The highest BCUT2D eigenvalue weighted by molar-refractivity contribution is 5.79. The number of carbonyl (C=O) groups is 1. The molecule has 148 valence electrons. The summed E-state index contributed by atoms with van der Waals surface area (Å²) in [4.78, 5) is 18.9. The summed E-state index contributed by atoms with van der Waals surface area (Å²) < 4.78 is 16.2. The lowest BCUT2D eigenvalue weighted by atomic mass is 10.1. The van der Waals surface area contributed by atoms with Crippen molar-refractivity contribution >= 4 is 5.91 Å². The summed E-state index contributed by atoms with van der Waals surface area (Å²) in [7, 11) is 0. The van der Waals surface area contributed by atoms with E-state index in [0.717, 1.165) is 12.0 Å². The average molecular weight is 391 g/mol. The molecule has 0 radical (unpaired) electrons. The van der Waals surface area contributed by atoms with Gasteiger partial charge < -0.3 is 18.9 Å². The number of carbonyl (C=O) groups excluding carboxylic acids is 1. The molecule has 29 heavy (non-hydrogen) atoms. The Morgan fingerprint density at radius 3 is 2.93 bits per heavy atom. The van der Waals surface area contributed by atoms with Gasteiger partial charge in [0.25, 0.3) is 0 Å². The molecule has 0 N–H and O–H groups in total. The van der Waals surface area contributed by atoms with E-state index in [1.807, 2.05) is 23.1 Å². The largest absolute Gasteiger partial charge is 0.454 e. The van der Waals surface area contributed by atoms with Gasteiger partial charge in [0, 0.05) is 25.1 Å². The van der Waals surface area contributed by atoms with Gasteiger partial charge >= 0.3 is 0 Å². The monoisotopic (exact) mass is 391 g/mol. The molecular formula is C22H21N3O4. The van der Waals surface area contributed by atoms with Crippen LogP contribution in [0.25, 0.3) is 11.4 Å². The van der Waals surface area contributed by atoms with Gasteiger partial charge in [-0.3, -0.25) is 4.79 Å². The summed E-state index contributed by atoms with van der Waals surface area (Å²) in [5, 5.41) is 4.10. The standard InChI is InChI=1S/C22H21N3O4/c1-14-3-2-4-15(9-14)7-8-25-12-17(11-20(25)26)22-23-21(24-29-22)16-5-6-18-19(10-16)28-13-27-18/h2-6,9-10,17H,7-8,11-13H2,1H3. The van der Waals surface area contributed by atoms with Crippen molar-refractivity contribution in [3.63, 3.8) is 0 Å². The first kappa shape index (κ1) is 17.7. The summed E-state index contributed by atoms with van der Waals surface area (Å²) in [6, 6.07) is 13.9. The zero-order valence-electron chi connectivity index (χ0n) is 16.1. The Bertz CT molecular complexity index is 1060. The molecule has 1 amide bonds. The highest BCUT2D eigenvalue weighted by atomic mass is 16.7. The van der Waals surface area contributed by atoms with Crippen LogP contribution in [0, 0.1) is 6.92 Å². The van der Waals surface area contributed by atoms with Gasteiger partial charge in [-0.2, -0.15) is 4.98 Å². The van der Waals surface area contributed by atoms with Crippen molar-refractivity contribution < 1.29 is 18.8 Å². The van der Waals surface area contributed by atoms with Crippen molar-refractivity contribution in [1.29, 1.82) is 0 Å². The van der Waals surface area contributed by atoms with Crippen LogP contribution in [-0.2, 0) is 11.2 Å². The molecule has 1 atom stereocenters. The summed E-state index contributed by atoms with van der Waals surface area (Å²) in [6.45, 7) is 3.60. The molecule has 0 spiro atoms. The number of fused-ring (bicyclic) bond motifs is 1. The number of benzene rings is 2. The number of hydrogen-bond acceptors (Lipinski definition) is 6. The third-order valence-corrected chi connectivity index (χ3v) is 5.39. The fraction of sp³-hybridized carbons (Fsp3) is 0.318. The summed E-state index contributed by atoms with van der Waals surface area (Å²) in [5.74, 6) is 2.43. The average Bonchev–Trinajstić information content (AvgIpc) is 3.45. The minimum Gasteiger partial charge on any atom is -0.454 e. The predicted molar refractivity (Wildman–Crippen MR) is 105 cm³/mol. The van der Waals surface area contributed by atoms with E-state index in [1.165, 1.54) is 11.1 Å². The molecule has 7 nitrogen and oxygen atoms in total. The number of amides is 1. The number of aromatic nitrogens is 2. The van der Waals surface area contributed by atoms with E-state index in [-0.39, 0.29) is 18.6 Å². The number of rotatable bonds is 5. The lowest BCUT2D eigenvalue weighted by molar-refractivity contribution is -0.127. The SMILES string of the molecule is Cc1cccc(CCN2CC(c3nc(-c4ccc5c(c4)OCO5)no3)CC2=O)c1. The zero-order valence-corrected chi connectivity index (χ0v) is 16.1. The van der Waals surface area contributed by atoms with Gasteiger partial charge in [-0.1, -0.05) is 35.0 Å². The minimum atomic E-state index is -0.0738. The van der Waals surface area contributed by atoms with Crippen LogP contribution in [-0.4, -0.2) is 40.8 Å². The van der Waals surface area contributed by atoms with Crippen LogP contribution in [0.2, 0.25) is 0 Å². The van der Waals surface area contributed by atoms with Gasteiger partial charge in [0.2, 0.25) is 24.4 Å². The lowest BCUT2D eigenvalue weighted by Crippen LogP contribution is -2.27. The summed E-state index contributed by atoms with van der Waals surface area (Å²) >= 11 is 0. The molecule has 5 rings (SSSR count). The summed E-state index contributed by atoms with van der Waals surface area (Å²) in [5.41, 5.74) is 3.27. The molecule has 0 bridgehead atoms. The topological polar surface area (TPSA) is 77.7 Å². The second-order valence-electron chi connectivity index (χ2n) is 7.50. The van der Waals surface area contributed by atoms with Gasteiger partial charge in [-0.25, -0.2) is 0 Å². The first-order valence-electron chi connectivity index (χ1n) is 9.72. The van der Waals surface area contributed by atoms with Crippen molar-refractivity contribution in [1.82, 2.24) is 15.0 Å². The molecule has 0 saturated carbocycles. The third kappa shape index (κ3) is 3.55. The second kappa shape index (κ2) is 7.24. The molecule has 1 saturated heterocycles. The van der Waals surface area contributed by atoms with Crippen molar-refractivity contribution in [2.75, 3.05) is 19.9 Å². The van der Waals surface area contributed by atoms with Gasteiger partial charge in [-0.15, -0.1) is 0 Å². The molecule has 2 aliphatic rings. The molecular weight excluding hydrogens is 370 g/mol. The second-order valence-corrected chi connectivity index (χ2v) is 7.50. The van der Waals surface area contributed by atoms with Crippen molar-refractivity contribution in [3.8, 4) is 22.9 Å². The van der Waals surface area contributed by atoms with Crippen LogP contribution >= 0.6 is 0 Å². The molecule has 2 aliphatic heterocycles. The maximum absolute atomic E-state index is 12.5. The Balaban J connectivity index is 1.26. The quantitative estimate of drug-likeness (QED) is 0.664. The van der Waals surface area contributed by atoms with Crippen LogP contribution in [0.4, 0.5) is 0 Å². The highest BCUT2D eigenvalue weighted by Crippen LogP contribution is 2.36. The maximum atomic E-state index is 12.5. The normalized spacial score (nSPS) is 17.9. The van der Waals surface area contributed by atoms with Gasteiger partial charge in [0.05, 0.1) is 5.92 Å². The third-order valence-electron chi connectivity index (χ3n) is 5.39. The summed E-state index contributed by atoms with van der Waals surface area (Å²) in [6.07, 6.45) is 1.24. The van der Waals surface area contributed by atoms with Crippen LogP contribution in [0.15, 0.2) is 47.0 Å². The van der Waals surface area contributed by atoms with Crippen LogP contribution in [0.1, 0.15) is 29.4 Å². The predicted octanol–water partition coefficient (Wildman–Crippen LogP) is 3.33. The van der Waals surface area contributed by atoms with Crippen molar-refractivity contribution in [2.45, 2.75) is 25.7 Å². The molecule has 1 unspecified atom stereocenters. The molecule has 2 aromatic carbocycles. The molecule has 3 heterocycles. The van der Waals surface area contributed by atoms with Crippen molar-refractivity contribution in [2.24, 2.45) is 0 Å². The van der Waals surface area contributed by atoms with Crippen molar-refractivity contribution in [3.05, 3.63) is 59.5 Å². The van der Waals surface area contributed by atoms with E-state index in [0.29, 0.717) is 42.7 Å². The highest BCUT2D eigenvalue weighted by Gasteiger charge is 2.34. The first-order valence-corrected chi connectivity index (χ1v) is 9.72. The Labute approximate surface area is 168 Å². The Kier molecular flexibility index (Phi) is 4.42. The maximum Gasteiger partial charge on any atom is 0.232 e. The van der Waals surface area contributed by atoms with Gasteiger partial charge in [0.1, 0.15) is 0 Å². The Morgan fingerprint density at radius 1 is 1.14 bits per heavy atom. The zero-order chi connectivity index (χ0) is 19.8. The smallest absolute Gasteiger partial charge is 0.232 e. The molecule has 7 heteroatoms. The van der Waals surface area contributed by atoms with E-state index in [2.05, 4.69) is 41.3 Å². The van der Waals surface area contributed by atoms with Crippen LogP contribution in [0.3, 0.4) is 0 Å². The van der Waals surface area contributed by atoms with Crippen LogP contribution in [0.5, 0.6) is 11.5 Å². The van der Waals surface area contributed by atoms with E-state index in [1.54, 1.807) is 0 Å². The number of nitrogens with zero attached hydrogens (tertiary/aromatic N) is 3. The van der Waals surface area contributed by atoms with E-state index in [4.69, 9.17) is 14.0 Å². The fourth-order valence-electron chi connectivity index (χ4n) is 3.84. The van der Waals surface area contributed by atoms with E-state index >= 15 is 0 Å². The Morgan fingerprint density at radius 2 is 2.03 bits per heavy atom. The number of aryl methyl sites for hydroxylation is 1. The molecule has 3 aromatic rings. The van der Waals surface area contributed by atoms with E-state index < -0.39 is 0 Å².